The van der Waals surface area contributed by atoms with Crippen LogP contribution in [0.4, 0.5) is 19.0 Å². The smallest absolute Gasteiger partial charge is 0.354 e. The quantitative estimate of drug-likeness (QED) is 0.140. The van der Waals surface area contributed by atoms with E-state index in [1.165, 1.54) is 24.4 Å². The molecule has 2 heterocycles. The monoisotopic (exact) mass is 639 g/mol. The fraction of sp³-hybridized carbons (Fsp3) is 0.194. The van der Waals surface area contributed by atoms with E-state index >= 15 is 0 Å². The number of carbonyl (C=O) groups excluding carboxylic acids is 3. The lowest BCUT2D eigenvalue weighted by Crippen LogP contribution is -2.37. The van der Waals surface area contributed by atoms with Gasteiger partial charge in [0.1, 0.15) is 5.82 Å². The van der Waals surface area contributed by atoms with E-state index in [2.05, 4.69) is 25.9 Å². The normalized spacial score (nSPS) is 11.9. The van der Waals surface area contributed by atoms with E-state index in [0.29, 0.717) is 28.5 Å². The van der Waals surface area contributed by atoms with Gasteiger partial charge in [0.2, 0.25) is 5.91 Å². The van der Waals surface area contributed by atoms with Gasteiger partial charge >= 0.3 is 6.18 Å². The number of fused-ring (bicyclic) bond motifs is 1. The molecule has 0 bridgehead atoms. The largest absolute Gasteiger partial charge is 0.416 e. The molecule has 0 saturated carbocycles. The highest BCUT2D eigenvalue weighted by molar-refractivity contribution is 6.08. The molecule has 0 aliphatic carbocycles. The maximum atomic E-state index is 13.3. The highest BCUT2D eigenvalue weighted by Crippen LogP contribution is 2.31. The van der Waals surface area contributed by atoms with Crippen molar-refractivity contribution in [3.8, 4) is 11.3 Å². The van der Waals surface area contributed by atoms with Crippen molar-refractivity contribution in [1.29, 1.82) is 0 Å². The number of carbonyl (C=O) groups is 3. The second kappa shape index (κ2) is 14.7. The average molecular weight is 640 g/mol. The third-order valence-electron chi connectivity index (χ3n) is 7.50. The predicted molar refractivity (Wildman–Crippen MR) is 174 cm³/mol. The van der Waals surface area contributed by atoms with Crippen molar-refractivity contribution in [3.05, 3.63) is 126 Å². The summed E-state index contributed by atoms with van der Waals surface area (Å²) in [5.74, 6) is -0.691. The van der Waals surface area contributed by atoms with Gasteiger partial charge in [-0.25, -0.2) is 4.98 Å². The fourth-order valence-electron chi connectivity index (χ4n) is 4.98. The standard InChI is InChI=1S/C36H32F3N5O3/c1-2-3-11-32(45)41-22-30(23-8-5-4-6-9-23)43-34(46)26-14-18-29-25(21-26)15-19-31(42-29)44-35(47)28-10-7-20-40-33(28)24-12-16-27(17-13-24)36(37,38)39/h4-10,12-21,30H,2-3,11,22H2,1H3,(H,41,45)(H,43,46)(H,42,44,47)/t30-/m1/s1. The van der Waals surface area contributed by atoms with Crippen LogP contribution in [0.15, 0.2) is 103 Å². The first-order valence-corrected chi connectivity index (χ1v) is 15.1. The lowest BCUT2D eigenvalue weighted by molar-refractivity contribution is -0.137. The van der Waals surface area contributed by atoms with Gasteiger partial charge in [0.15, 0.2) is 0 Å². The molecule has 5 aromatic rings. The van der Waals surface area contributed by atoms with Crippen molar-refractivity contribution in [2.45, 2.75) is 38.4 Å². The van der Waals surface area contributed by atoms with Crippen LogP contribution in [0.2, 0.25) is 0 Å². The van der Waals surface area contributed by atoms with Crippen molar-refractivity contribution in [3.63, 3.8) is 0 Å². The molecule has 5 rings (SSSR count). The van der Waals surface area contributed by atoms with E-state index in [4.69, 9.17) is 0 Å². The van der Waals surface area contributed by atoms with Gasteiger partial charge in [0.25, 0.3) is 11.8 Å². The molecule has 0 saturated heterocycles. The minimum Gasteiger partial charge on any atom is -0.354 e. The van der Waals surface area contributed by atoms with E-state index in [1.54, 1.807) is 36.4 Å². The molecule has 2 aromatic heterocycles. The number of benzene rings is 3. The zero-order chi connectivity index (χ0) is 33.4. The summed E-state index contributed by atoms with van der Waals surface area (Å²) >= 11 is 0. The zero-order valence-corrected chi connectivity index (χ0v) is 25.5. The first kappa shape index (κ1) is 32.8. The molecule has 3 aromatic carbocycles. The number of anilines is 1. The van der Waals surface area contributed by atoms with Crippen LogP contribution in [0.25, 0.3) is 22.2 Å². The minimum absolute atomic E-state index is 0.0685. The van der Waals surface area contributed by atoms with Crippen LogP contribution in [0.3, 0.4) is 0 Å². The van der Waals surface area contributed by atoms with Crippen LogP contribution in [0.1, 0.15) is 64.1 Å². The molecule has 240 valence electrons. The number of amides is 3. The van der Waals surface area contributed by atoms with Gasteiger partial charge in [-0.15, -0.1) is 0 Å². The SMILES string of the molecule is CCCCC(=O)NC[C@@H](NC(=O)c1ccc2nc(NC(=O)c3cccnc3-c3ccc(C(F)(F)F)cc3)ccc2c1)c1ccccc1. The molecular weight excluding hydrogens is 607 g/mol. The van der Waals surface area contributed by atoms with Crippen molar-refractivity contribution in [1.82, 2.24) is 20.6 Å². The lowest BCUT2D eigenvalue weighted by atomic mass is 10.0. The van der Waals surface area contributed by atoms with Gasteiger partial charge in [-0.1, -0.05) is 55.8 Å². The van der Waals surface area contributed by atoms with Crippen LogP contribution >= 0.6 is 0 Å². The summed E-state index contributed by atoms with van der Waals surface area (Å²) in [5, 5.41) is 9.32. The van der Waals surface area contributed by atoms with E-state index in [9.17, 15) is 27.6 Å². The molecule has 3 N–H and O–H groups in total. The molecule has 8 nitrogen and oxygen atoms in total. The summed E-state index contributed by atoms with van der Waals surface area (Å²) in [6.07, 6.45) is -0.898. The van der Waals surface area contributed by atoms with Crippen molar-refractivity contribution < 1.29 is 27.6 Å². The molecule has 3 amide bonds. The number of pyridine rings is 2. The third-order valence-corrected chi connectivity index (χ3v) is 7.50. The minimum atomic E-state index is -4.48. The van der Waals surface area contributed by atoms with Crippen LogP contribution in [0, 0.1) is 0 Å². The Hall–Kier alpha value is -5.58. The third kappa shape index (κ3) is 8.37. The van der Waals surface area contributed by atoms with Gasteiger partial charge in [-0.3, -0.25) is 19.4 Å². The molecular formula is C36H32F3N5O3. The Morgan fingerprint density at radius 2 is 1.62 bits per heavy atom. The predicted octanol–water partition coefficient (Wildman–Crippen LogP) is 7.35. The van der Waals surface area contributed by atoms with Crippen LogP contribution in [0.5, 0.6) is 0 Å². The Morgan fingerprint density at radius 3 is 2.34 bits per heavy atom. The van der Waals surface area contributed by atoms with Crippen molar-refractivity contribution in [2.24, 2.45) is 0 Å². The highest BCUT2D eigenvalue weighted by atomic mass is 19.4. The van der Waals surface area contributed by atoms with Crippen LogP contribution in [-0.4, -0.2) is 34.2 Å². The second-order valence-corrected chi connectivity index (χ2v) is 10.9. The molecule has 0 spiro atoms. The molecule has 0 unspecified atom stereocenters. The molecule has 0 radical (unpaired) electrons. The van der Waals surface area contributed by atoms with E-state index in [0.717, 1.165) is 30.5 Å². The highest BCUT2D eigenvalue weighted by Gasteiger charge is 2.30. The van der Waals surface area contributed by atoms with Gasteiger partial charge in [0, 0.05) is 35.7 Å². The Bertz CT molecular complexity index is 1880. The first-order chi connectivity index (χ1) is 22.6. The van der Waals surface area contributed by atoms with E-state index in [1.807, 2.05) is 37.3 Å². The molecule has 0 aliphatic heterocycles. The Balaban J connectivity index is 1.29. The summed E-state index contributed by atoms with van der Waals surface area (Å²) in [4.78, 5) is 47.5. The summed E-state index contributed by atoms with van der Waals surface area (Å²) in [5.41, 5.74) is 1.72. The lowest BCUT2D eigenvalue weighted by Gasteiger charge is -2.20. The molecule has 0 aliphatic rings. The Morgan fingerprint density at radius 1 is 0.851 bits per heavy atom. The molecule has 1 atom stereocenters. The summed E-state index contributed by atoms with van der Waals surface area (Å²) in [6, 6.07) is 24.8. The number of halogens is 3. The molecule has 11 heteroatoms. The number of hydrogen-bond donors (Lipinski definition) is 3. The first-order valence-electron chi connectivity index (χ1n) is 15.1. The number of hydrogen-bond acceptors (Lipinski definition) is 5. The number of unbranched alkanes of at least 4 members (excludes halogenated alkanes) is 1. The maximum absolute atomic E-state index is 13.3. The Labute approximate surface area is 269 Å². The van der Waals surface area contributed by atoms with Gasteiger partial charge in [0.05, 0.1) is 28.4 Å². The van der Waals surface area contributed by atoms with Crippen LogP contribution in [-0.2, 0) is 11.0 Å². The maximum Gasteiger partial charge on any atom is 0.416 e. The second-order valence-electron chi connectivity index (χ2n) is 10.9. The number of aromatic nitrogens is 2. The molecule has 0 fully saturated rings. The Kier molecular flexibility index (Phi) is 10.2. The van der Waals surface area contributed by atoms with Crippen molar-refractivity contribution in [2.75, 3.05) is 11.9 Å². The number of nitrogens with one attached hydrogen (secondary N) is 3. The van der Waals surface area contributed by atoms with Gasteiger partial charge < -0.3 is 16.0 Å². The van der Waals surface area contributed by atoms with Gasteiger partial charge in [-0.05, 0) is 66.6 Å². The number of rotatable bonds is 11. The number of nitrogens with zero attached hydrogens (tertiary/aromatic N) is 2. The topological polar surface area (TPSA) is 113 Å². The van der Waals surface area contributed by atoms with Crippen molar-refractivity contribution >= 4 is 34.4 Å². The number of alkyl halides is 3. The summed E-state index contributed by atoms with van der Waals surface area (Å²) in [7, 11) is 0. The summed E-state index contributed by atoms with van der Waals surface area (Å²) in [6.45, 7) is 2.26. The van der Waals surface area contributed by atoms with Gasteiger partial charge in [-0.2, -0.15) is 13.2 Å². The van der Waals surface area contributed by atoms with E-state index < -0.39 is 23.7 Å². The fourth-order valence-corrected chi connectivity index (χ4v) is 4.98. The van der Waals surface area contributed by atoms with Crippen LogP contribution < -0.4 is 16.0 Å². The average Bonchev–Trinajstić information content (AvgIpc) is 3.08. The van der Waals surface area contributed by atoms with E-state index in [-0.39, 0.29) is 35.4 Å². The zero-order valence-electron chi connectivity index (χ0n) is 25.5. The molecule has 47 heavy (non-hydrogen) atoms. The summed E-state index contributed by atoms with van der Waals surface area (Å²) < 4.78 is 39.1.